The Morgan fingerprint density at radius 3 is 2.16 bits per heavy atom. The number of hydrogen-bond acceptors (Lipinski definition) is 4. The zero-order chi connectivity index (χ0) is 17.9. The fourth-order valence-electron chi connectivity index (χ4n) is 3.54. The van der Waals surface area contributed by atoms with E-state index in [0.29, 0.717) is 18.7 Å². The summed E-state index contributed by atoms with van der Waals surface area (Å²) in [4.78, 5) is 15.8. The van der Waals surface area contributed by atoms with Gasteiger partial charge in [-0.2, -0.15) is 4.31 Å². The minimum Gasteiger partial charge on any atom is -0.339 e. The highest BCUT2D eigenvalue weighted by molar-refractivity contribution is 7.98. The van der Waals surface area contributed by atoms with Crippen molar-refractivity contribution in [1.29, 1.82) is 0 Å². The first-order chi connectivity index (χ1) is 12.0. The van der Waals surface area contributed by atoms with Gasteiger partial charge in [0.05, 0.1) is 10.5 Å². The number of carbonyl (C=O) groups is 1. The van der Waals surface area contributed by atoms with Gasteiger partial charge in [-0.3, -0.25) is 4.79 Å². The van der Waals surface area contributed by atoms with Gasteiger partial charge >= 0.3 is 0 Å². The van der Waals surface area contributed by atoms with Crippen LogP contribution in [0, 0.1) is 0 Å². The Bertz CT molecular complexity index is 720. The Morgan fingerprint density at radius 1 is 0.960 bits per heavy atom. The molecule has 25 heavy (non-hydrogen) atoms. The summed E-state index contributed by atoms with van der Waals surface area (Å²) in [5.74, 6) is -0.0465. The maximum Gasteiger partial charge on any atom is 0.255 e. The van der Waals surface area contributed by atoms with E-state index in [2.05, 4.69) is 0 Å². The molecule has 3 rings (SSSR count). The highest BCUT2D eigenvalue weighted by Crippen LogP contribution is 2.28. The average molecular weight is 383 g/mol. The average Bonchev–Trinajstić information content (AvgIpc) is 3.02. The van der Waals surface area contributed by atoms with E-state index in [1.807, 2.05) is 11.2 Å². The van der Waals surface area contributed by atoms with Crippen molar-refractivity contribution in [3.05, 3.63) is 23.8 Å². The van der Waals surface area contributed by atoms with Gasteiger partial charge in [-0.25, -0.2) is 8.42 Å². The predicted octanol–water partition coefficient (Wildman–Crippen LogP) is 3.21. The Balaban J connectivity index is 1.93. The summed E-state index contributed by atoms with van der Waals surface area (Å²) in [6.07, 6.45) is 7.92. The fourth-order valence-corrected chi connectivity index (χ4v) is 5.65. The van der Waals surface area contributed by atoms with Crippen LogP contribution in [0.15, 0.2) is 28.0 Å². The molecule has 0 atom stereocenters. The molecule has 0 bridgehead atoms. The second kappa shape index (κ2) is 8.10. The molecule has 0 aliphatic carbocycles. The van der Waals surface area contributed by atoms with Crippen molar-refractivity contribution >= 4 is 27.7 Å². The Kier molecular flexibility index (Phi) is 6.07. The van der Waals surface area contributed by atoms with Crippen LogP contribution in [0.25, 0.3) is 0 Å². The van der Waals surface area contributed by atoms with Crippen molar-refractivity contribution in [3.8, 4) is 0 Å². The fraction of sp³-hybridized carbons (Fsp3) is 0.611. The molecule has 2 saturated heterocycles. The number of nitrogens with zero attached hydrogens (tertiary/aromatic N) is 2. The molecule has 0 radical (unpaired) electrons. The second-order valence-corrected chi connectivity index (χ2v) is 9.47. The lowest BCUT2D eigenvalue weighted by Gasteiger charge is -2.22. The quantitative estimate of drug-likeness (QED) is 0.751. The molecule has 0 spiro atoms. The highest BCUT2D eigenvalue weighted by Gasteiger charge is 2.28. The molecule has 0 aromatic heterocycles. The number of carbonyl (C=O) groups excluding carboxylic acids is 1. The third kappa shape index (κ3) is 4.04. The maximum absolute atomic E-state index is 13.0. The summed E-state index contributed by atoms with van der Waals surface area (Å²) in [5.41, 5.74) is 0.519. The molecule has 7 heteroatoms. The summed E-state index contributed by atoms with van der Waals surface area (Å²) in [5, 5.41) is 0. The van der Waals surface area contributed by atoms with E-state index in [1.165, 1.54) is 11.8 Å². The number of thioether (sulfide) groups is 1. The van der Waals surface area contributed by atoms with Gasteiger partial charge in [-0.15, -0.1) is 11.8 Å². The van der Waals surface area contributed by atoms with E-state index >= 15 is 0 Å². The van der Waals surface area contributed by atoms with Crippen LogP contribution in [0.1, 0.15) is 48.9 Å². The van der Waals surface area contributed by atoms with Gasteiger partial charge in [0.2, 0.25) is 10.0 Å². The van der Waals surface area contributed by atoms with Crippen LogP contribution in [-0.4, -0.2) is 56.0 Å². The molecule has 2 aliphatic heterocycles. The molecule has 2 heterocycles. The van der Waals surface area contributed by atoms with Crippen molar-refractivity contribution in [2.45, 2.75) is 48.3 Å². The van der Waals surface area contributed by atoms with E-state index in [0.717, 1.165) is 56.5 Å². The topological polar surface area (TPSA) is 57.7 Å². The molecule has 1 aromatic rings. The molecular weight excluding hydrogens is 356 g/mol. The maximum atomic E-state index is 13.0. The van der Waals surface area contributed by atoms with Gasteiger partial charge in [0.25, 0.3) is 5.91 Å². The zero-order valence-corrected chi connectivity index (χ0v) is 16.4. The van der Waals surface area contributed by atoms with Crippen LogP contribution >= 0.6 is 11.8 Å². The second-order valence-electron chi connectivity index (χ2n) is 6.68. The minimum atomic E-state index is -3.54. The normalized spacial score (nSPS) is 19.8. The van der Waals surface area contributed by atoms with Gasteiger partial charge in [-0.1, -0.05) is 12.8 Å². The number of likely N-dealkylation sites (tertiary alicyclic amines) is 1. The number of sulfonamides is 1. The summed E-state index contributed by atoms with van der Waals surface area (Å²) in [6.45, 7) is 2.66. The van der Waals surface area contributed by atoms with Crippen molar-refractivity contribution in [3.63, 3.8) is 0 Å². The van der Waals surface area contributed by atoms with Gasteiger partial charge in [-0.05, 0) is 50.1 Å². The first kappa shape index (κ1) is 18.7. The Morgan fingerprint density at radius 2 is 1.56 bits per heavy atom. The van der Waals surface area contributed by atoms with Crippen LogP contribution in [0.2, 0.25) is 0 Å². The lowest BCUT2D eigenvalue weighted by Crippen LogP contribution is -2.32. The monoisotopic (exact) mass is 382 g/mol. The predicted molar refractivity (Wildman–Crippen MR) is 101 cm³/mol. The van der Waals surface area contributed by atoms with Crippen LogP contribution in [-0.2, 0) is 10.0 Å². The Labute approximate surface area is 154 Å². The molecule has 2 fully saturated rings. The van der Waals surface area contributed by atoms with Crippen LogP contribution in [0.4, 0.5) is 0 Å². The van der Waals surface area contributed by atoms with Gasteiger partial charge < -0.3 is 4.90 Å². The van der Waals surface area contributed by atoms with Gasteiger partial charge in [0.1, 0.15) is 0 Å². The standard InChI is InChI=1S/C18H26N2O3S2/c1-24-17-9-8-15(14-16(17)18(21)19-10-6-7-11-19)25(22,23)20-12-4-2-3-5-13-20/h8-9,14H,2-7,10-13H2,1H3. The summed E-state index contributed by atoms with van der Waals surface area (Å²) >= 11 is 1.48. The van der Waals surface area contributed by atoms with Crippen molar-refractivity contribution in [1.82, 2.24) is 9.21 Å². The summed E-state index contributed by atoms with van der Waals surface area (Å²) in [7, 11) is -3.54. The molecule has 2 aliphatic rings. The van der Waals surface area contributed by atoms with Gasteiger partial charge in [0.15, 0.2) is 0 Å². The van der Waals surface area contributed by atoms with Crippen molar-refractivity contribution in [2.24, 2.45) is 0 Å². The lowest BCUT2D eigenvalue weighted by atomic mass is 10.2. The molecule has 0 unspecified atom stereocenters. The molecule has 0 saturated carbocycles. The molecule has 1 aromatic carbocycles. The molecule has 1 amide bonds. The first-order valence-electron chi connectivity index (χ1n) is 9.01. The Hall–Kier alpha value is -1.05. The van der Waals surface area contributed by atoms with E-state index in [-0.39, 0.29) is 10.8 Å². The SMILES string of the molecule is CSc1ccc(S(=O)(=O)N2CCCCCC2)cc1C(=O)N1CCCC1. The third-order valence-electron chi connectivity index (χ3n) is 5.00. The lowest BCUT2D eigenvalue weighted by molar-refractivity contribution is 0.0789. The van der Waals surface area contributed by atoms with Crippen LogP contribution in [0.5, 0.6) is 0 Å². The number of rotatable bonds is 4. The number of amides is 1. The minimum absolute atomic E-state index is 0.0465. The summed E-state index contributed by atoms with van der Waals surface area (Å²) in [6, 6.07) is 5.01. The van der Waals surface area contributed by atoms with Crippen molar-refractivity contribution < 1.29 is 13.2 Å². The third-order valence-corrected chi connectivity index (χ3v) is 7.69. The largest absolute Gasteiger partial charge is 0.339 e. The number of benzene rings is 1. The van der Waals surface area contributed by atoms with E-state index in [4.69, 9.17) is 0 Å². The van der Waals surface area contributed by atoms with E-state index in [9.17, 15) is 13.2 Å². The van der Waals surface area contributed by atoms with E-state index in [1.54, 1.807) is 22.5 Å². The van der Waals surface area contributed by atoms with Crippen molar-refractivity contribution in [2.75, 3.05) is 32.4 Å². The zero-order valence-electron chi connectivity index (χ0n) is 14.7. The molecule has 5 nitrogen and oxygen atoms in total. The van der Waals surface area contributed by atoms with E-state index < -0.39 is 10.0 Å². The summed E-state index contributed by atoms with van der Waals surface area (Å²) < 4.78 is 27.6. The first-order valence-corrected chi connectivity index (χ1v) is 11.7. The highest BCUT2D eigenvalue weighted by atomic mass is 32.2. The smallest absolute Gasteiger partial charge is 0.255 e. The number of hydrogen-bond donors (Lipinski definition) is 0. The molecular formula is C18H26N2O3S2. The van der Waals surface area contributed by atoms with Crippen LogP contribution in [0.3, 0.4) is 0 Å². The molecule has 0 N–H and O–H groups in total. The van der Waals surface area contributed by atoms with Crippen LogP contribution < -0.4 is 0 Å². The van der Waals surface area contributed by atoms with Gasteiger partial charge in [0, 0.05) is 31.1 Å². The molecule has 138 valence electrons.